The second-order valence-corrected chi connectivity index (χ2v) is 6.35. The number of hydrogen-bond acceptors (Lipinski definition) is 2. The van der Waals surface area contributed by atoms with E-state index in [-0.39, 0.29) is 18.6 Å². The van der Waals surface area contributed by atoms with E-state index in [1.165, 1.54) is 0 Å². The zero-order valence-corrected chi connectivity index (χ0v) is 10.6. The van der Waals surface area contributed by atoms with Crippen LogP contribution < -0.4 is 4.72 Å². The van der Waals surface area contributed by atoms with Crippen molar-refractivity contribution in [2.24, 2.45) is 5.92 Å². The van der Waals surface area contributed by atoms with Crippen LogP contribution in [0.25, 0.3) is 0 Å². The Kier molecular flexibility index (Phi) is 4.83. The zero-order chi connectivity index (χ0) is 13.1. The van der Waals surface area contributed by atoms with Crippen LogP contribution in [0.2, 0.25) is 0 Å². The molecule has 1 rings (SSSR count). The molecule has 1 fully saturated rings. The molecule has 2 unspecified atom stereocenters. The van der Waals surface area contributed by atoms with Crippen molar-refractivity contribution in [1.29, 1.82) is 0 Å². The predicted molar refractivity (Wildman–Crippen MR) is 59.0 cm³/mol. The minimum atomic E-state index is -4.32. The van der Waals surface area contributed by atoms with Gasteiger partial charge in [-0.25, -0.2) is 13.1 Å². The first kappa shape index (κ1) is 14.8. The first-order chi connectivity index (χ1) is 7.76. The molecule has 102 valence electrons. The Balaban J connectivity index is 2.73. The number of halogens is 3. The number of hydrogen-bond donors (Lipinski definition) is 1. The van der Waals surface area contributed by atoms with E-state index >= 15 is 0 Å². The molecule has 7 heteroatoms. The number of nitrogens with one attached hydrogen (secondary N) is 1. The van der Waals surface area contributed by atoms with Crippen molar-refractivity contribution >= 4 is 10.0 Å². The molecule has 1 saturated carbocycles. The Bertz CT molecular complexity index is 340. The Morgan fingerprint density at radius 3 is 2.35 bits per heavy atom. The summed E-state index contributed by atoms with van der Waals surface area (Å²) in [6.07, 6.45) is -2.48. The normalized spacial score (nSPS) is 27.1. The minimum absolute atomic E-state index is 0.0167. The van der Waals surface area contributed by atoms with Crippen LogP contribution >= 0.6 is 0 Å². The van der Waals surface area contributed by atoms with Gasteiger partial charge in [0.1, 0.15) is 0 Å². The number of alkyl halides is 3. The van der Waals surface area contributed by atoms with E-state index in [9.17, 15) is 21.6 Å². The predicted octanol–water partition coefficient (Wildman–Crippen LogP) is 2.44. The molecule has 0 spiro atoms. The van der Waals surface area contributed by atoms with Gasteiger partial charge in [0.25, 0.3) is 0 Å². The summed E-state index contributed by atoms with van der Waals surface area (Å²) in [4.78, 5) is 0. The highest BCUT2D eigenvalue weighted by molar-refractivity contribution is 7.89. The summed E-state index contributed by atoms with van der Waals surface area (Å²) in [5.41, 5.74) is 0. The minimum Gasteiger partial charge on any atom is -0.212 e. The Morgan fingerprint density at radius 2 is 1.82 bits per heavy atom. The van der Waals surface area contributed by atoms with Crippen molar-refractivity contribution in [3.8, 4) is 0 Å². The maximum Gasteiger partial charge on any atom is 0.393 e. The Hall–Kier alpha value is -0.300. The number of sulfonamides is 1. The summed E-state index contributed by atoms with van der Waals surface area (Å²) in [7, 11) is -3.57. The van der Waals surface area contributed by atoms with Crippen LogP contribution in [0.4, 0.5) is 13.2 Å². The SMILES string of the molecule is CCCS(=O)(=O)NC1CCCCC1C(F)(F)F. The summed E-state index contributed by atoms with van der Waals surface area (Å²) in [6, 6.07) is -0.986. The second-order valence-electron chi connectivity index (χ2n) is 4.48. The average molecular weight is 273 g/mol. The molecule has 0 amide bonds. The van der Waals surface area contributed by atoms with Crippen molar-refractivity contribution in [2.75, 3.05) is 5.75 Å². The van der Waals surface area contributed by atoms with Gasteiger partial charge in [0.05, 0.1) is 11.7 Å². The molecule has 0 heterocycles. The van der Waals surface area contributed by atoms with Gasteiger partial charge in [0.15, 0.2) is 0 Å². The molecule has 0 aromatic carbocycles. The molecule has 0 saturated heterocycles. The summed E-state index contributed by atoms with van der Waals surface area (Å²) in [6.45, 7) is 1.68. The monoisotopic (exact) mass is 273 g/mol. The van der Waals surface area contributed by atoms with Crippen molar-refractivity contribution in [1.82, 2.24) is 4.72 Å². The van der Waals surface area contributed by atoms with E-state index in [0.717, 1.165) is 0 Å². The quantitative estimate of drug-likeness (QED) is 0.855. The van der Waals surface area contributed by atoms with Crippen molar-refractivity contribution in [3.63, 3.8) is 0 Å². The van der Waals surface area contributed by atoms with Crippen molar-refractivity contribution < 1.29 is 21.6 Å². The lowest BCUT2D eigenvalue weighted by Gasteiger charge is -2.33. The Labute approximate surface area is 99.8 Å². The smallest absolute Gasteiger partial charge is 0.212 e. The lowest BCUT2D eigenvalue weighted by atomic mass is 9.85. The lowest BCUT2D eigenvalue weighted by Crippen LogP contribution is -2.48. The van der Waals surface area contributed by atoms with E-state index < -0.39 is 28.2 Å². The van der Waals surface area contributed by atoms with Crippen LogP contribution in [0.5, 0.6) is 0 Å². The maximum atomic E-state index is 12.7. The second kappa shape index (κ2) is 5.56. The first-order valence-corrected chi connectivity index (χ1v) is 7.48. The molecule has 3 nitrogen and oxygen atoms in total. The van der Waals surface area contributed by atoms with E-state index in [2.05, 4.69) is 4.72 Å². The molecule has 0 bridgehead atoms. The maximum absolute atomic E-state index is 12.7. The third-order valence-corrected chi connectivity index (χ3v) is 4.60. The van der Waals surface area contributed by atoms with Crippen molar-refractivity contribution in [2.45, 2.75) is 51.2 Å². The highest BCUT2D eigenvalue weighted by atomic mass is 32.2. The lowest BCUT2D eigenvalue weighted by molar-refractivity contribution is -0.187. The van der Waals surface area contributed by atoms with E-state index in [1.54, 1.807) is 6.92 Å². The summed E-state index contributed by atoms with van der Waals surface area (Å²) in [5.74, 6) is -1.66. The van der Waals surface area contributed by atoms with Crippen LogP contribution in [-0.4, -0.2) is 26.4 Å². The zero-order valence-electron chi connectivity index (χ0n) is 9.76. The fourth-order valence-corrected chi connectivity index (χ4v) is 3.62. The van der Waals surface area contributed by atoms with Crippen molar-refractivity contribution in [3.05, 3.63) is 0 Å². The summed E-state index contributed by atoms with van der Waals surface area (Å²) >= 11 is 0. The van der Waals surface area contributed by atoms with E-state index in [4.69, 9.17) is 0 Å². The molecule has 0 aliphatic heterocycles. The third kappa shape index (κ3) is 4.46. The van der Waals surface area contributed by atoms with Crippen LogP contribution in [0.1, 0.15) is 39.0 Å². The van der Waals surface area contributed by atoms with E-state index in [0.29, 0.717) is 19.3 Å². The fraction of sp³-hybridized carbons (Fsp3) is 1.00. The first-order valence-electron chi connectivity index (χ1n) is 5.83. The fourth-order valence-electron chi connectivity index (χ4n) is 2.22. The summed E-state index contributed by atoms with van der Waals surface area (Å²) in [5, 5.41) is 0. The van der Waals surface area contributed by atoms with Crippen LogP contribution in [0.15, 0.2) is 0 Å². The molecule has 0 aromatic rings. The van der Waals surface area contributed by atoms with Gasteiger partial charge in [-0.3, -0.25) is 0 Å². The number of rotatable bonds is 4. The average Bonchev–Trinajstić information content (AvgIpc) is 2.15. The molecule has 2 atom stereocenters. The van der Waals surface area contributed by atoms with Gasteiger partial charge in [-0.15, -0.1) is 0 Å². The molecule has 17 heavy (non-hydrogen) atoms. The van der Waals surface area contributed by atoms with Gasteiger partial charge < -0.3 is 0 Å². The van der Waals surface area contributed by atoms with Gasteiger partial charge >= 0.3 is 6.18 Å². The molecular formula is C10H18F3NO2S. The highest BCUT2D eigenvalue weighted by Crippen LogP contribution is 2.37. The largest absolute Gasteiger partial charge is 0.393 e. The molecular weight excluding hydrogens is 255 g/mol. The van der Waals surface area contributed by atoms with Gasteiger partial charge in [-0.05, 0) is 19.3 Å². The Morgan fingerprint density at radius 1 is 1.24 bits per heavy atom. The summed E-state index contributed by atoms with van der Waals surface area (Å²) < 4.78 is 63.3. The van der Waals surface area contributed by atoms with Crippen LogP contribution in [0, 0.1) is 5.92 Å². The topological polar surface area (TPSA) is 46.2 Å². The third-order valence-electron chi connectivity index (χ3n) is 2.99. The molecule has 0 aromatic heterocycles. The van der Waals surface area contributed by atoms with Gasteiger partial charge in [-0.2, -0.15) is 13.2 Å². The highest BCUT2D eigenvalue weighted by Gasteiger charge is 2.46. The molecule has 1 aliphatic rings. The molecule has 1 N–H and O–H groups in total. The van der Waals surface area contributed by atoms with Crippen LogP contribution in [0.3, 0.4) is 0 Å². The van der Waals surface area contributed by atoms with Gasteiger partial charge in [0.2, 0.25) is 10.0 Å². The van der Waals surface area contributed by atoms with Gasteiger partial charge in [0, 0.05) is 6.04 Å². The van der Waals surface area contributed by atoms with Crippen LogP contribution in [-0.2, 0) is 10.0 Å². The van der Waals surface area contributed by atoms with E-state index in [1.807, 2.05) is 0 Å². The molecule has 0 radical (unpaired) electrons. The molecule has 1 aliphatic carbocycles. The van der Waals surface area contributed by atoms with Gasteiger partial charge in [-0.1, -0.05) is 19.8 Å². The standard InChI is InChI=1S/C10H18F3NO2S/c1-2-7-17(15,16)14-9-6-4-3-5-8(9)10(11,12)13/h8-9,14H,2-7H2,1H3.